The molecule has 0 saturated heterocycles. The number of fused-ring (bicyclic) bond motifs is 1. The van der Waals surface area contributed by atoms with E-state index in [1.165, 1.54) is 12.5 Å². The van der Waals surface area contributed by atoms with Gasteiger partial charge in [0.15, 0.2) is 0 Å². The third-order valence-corrected chi connectivity index (χ3v) is 6.51. The Labute approximate surface area is 233 Å². The van der Waals surface area contributed by atoms with Crippen LogP contribution in [0, 0.1) is 0 Å². The highest BCUT2D eigenvalue weighted by molar-refractivity contribution is 7.80. The molecule has 0 radical (unpaired) electrons. The summed E-state index contributed by atoms with van der Waals surface area (Å²) in [6.45, 7) is 0. The van der Waals surface area contributed by atoms with Gasteiger partial charge in [-0.05, 0) is 18.1 Å². The number of carboxylic acid groups (broad SMARTS) is 2. The molecule has 15 heteroatoms. The Kier molecular flexibility index (Phi) is 10.7. The number of nitrogens with one attached hydrogen (secondary N) is 5. The molecule has 4 unspecified atom stereocenters. The number of benzene rings is 1. The molecule has 2 heterocycles. The standard InChI is InChI=1S/C25H31N7O7S/c26-16(5-6-21(33)34)22(35)32-20(11-40)24(37)30-18(7-13-9-28-17-4-2-1-3-15(13)17)23(36)31-19(25(38)39)8-14-10-27-12-29-14/h1-4,9-10,12,16,18-20,28,40H,5-8,11,26H2,(H,27,29)(H,30,37)(H,31,36)(H,32,35)(H,33,34)(H,38,39). The van der Waals surface area contributed by atoms with Gasteiger partial charge in [0.1, 0.15) is 18.1 Å². The number of aromatic nitrogens is 3. The first-order valence-electron chi connectivity index (χ1n) is 12.3. The number of amides is 3. The number of carboxylic acids is 2. The van der Waals surface area contributed by atoms with E-state index in [1.807, 2.05) is 24.3 Å². The molecule has 0 spiro atoms. The van der Waals surface area contributed by atoms with Gasteiger partial charge in [0.25, 0.3) is 0 Å². The maximum Gasteiger partial charge on any atom is 0.326 e. The van der Waals surface area contributed by atoms with Gasteiger partial charge in [-0.2, -0.15) is 12.6 Å². The van der Waals surface area contributed by atoms with Crippen molar-refractivity contribution in [2.45, 2.75) is 49.9 Å². The summed E-state index contributed by atoms with van der Waals surface area (Å²) in [5, 5.41) is 26.8. The van der Waals surface area contributed by atoms with Gasteiger partial charge in [0, 0.05) is 54.0 Å². The summed E-state index contributed by atoms with van der Waals surface area (Å²) >= 11 is 4.12. The zero-order valence-corrected chi connectivity index (χ0v) is 22.2. The molecule has 0 fully saturated rings. The van der Waals surface area contributed by atoms with Crippen LogP contribution >= 0.6 is 12.6 Å². The van der Waals surface area contributed by atoms with Gasteiger partial charge in [-0.25, -0.2) is 9.78 Å². The smallest absolute Gasteiger partial charge is 0.326 e. The molecule has 4 atom stereocenters. The van der Waals surface area contributed by atoms with Gasteiger partial charge >= 0.3 is 11.9 Å². The van der Waals surface area contributed by atoms with Crippen molar-refractivity contribution in [2.24, 2.45) is 5.73 Å². The third-order valence-electron chi connectivity index (χ3n) is 6.15. The van der Waals surface area contributed by atoms with Crippen molar-refractivity contribution < 1.29 is 34.2 Å². The maximum atomic E-state index is 13.4. The van der Waals surface area contributed by atoms with Gasteiger partial charge in [-0.15, -0.1) is 0 Å². The Morgan fingerprint density at radius 3 is 2.25 bits per heavy atom. The van der Waals surface area contributed by atoms with Crippen molar-refractivity contribution in [3.63, 3.8) is 0 Å². The normalized spacial score (nSPS) is 14.1. The molecular formula is C25H31N7O7S. The quantitative estimate of drug-likeness (QED) is 0.105. The number of carbonyl (C=O) groups excluding carboxylic acids is 3. The number of hydrogen-bond acceptors (Lipinski definition) is 8. The number of carbonyl (C=O) groups is 5. The Hall–Kier alpha value is -4.37. The number of para-hydroxylation sites is 1. The number of nitrogens with two attached hydrogens (primary N) is 1. The number of imidazole rings is 1. The molecule has 214 valence electrons. The second-order valence-corrected chi connectivity index (χ2v) is 9.45. The van der Waals surface area contributed by atoms with Crippen LogP contribution < -0.4 is 21.7 Å². The van der Waals surface area contributed by atoms with E-state index in [-0.39, 0.29) is 31.4 Å². The van der Waals surface area contributed by atoms with Crippen LogP contribution in [0.2, 0.25) is 0 Å². The molecule has 3 rings (SSSR count). The Morgan fingerprint density at radius 2 is 1.60 bits per heavy atom. The number of nitrogens with zero attached hydrogens (tertiary/aromatic N) is 1. The fraction of sp³-hybridized carbons (Fsp3) is 0.360. The van der Waals surface area contributed by atoms with Crippen LogP contribution in [0.15, 0.2) is 43.0 Å². The number of aromatic amines is 2. The first-order chi connectivity index (χ1) is 19.1. The van der Waals surface area contributed by atoms with Crippen molar-refractivity contribution in [3.05, 3.63) is 54.2 Å². The largest absolute Gasteiger partial charge is 0.481 e. The van der Waals surface area contributed by atoms with Gasteiger partial charge in [0.05, 0.1) is 12.4 Å². The van der Waals surface area contributed by atoms with Crippen molar-refractivity contribution in [2.75, 3.05) is 5.75 Å². The first kappa shape index (κ1) is 30.2. The zero-order valence-electron chi connectivity index (χ0n) is 21.3. The van der Waals surface area contributed by atoms with Crippen molar-refractivity contribution in [3.8, 4) is 0 Å². The minimum absolute atomic E-state index is 0.00332. The van der Waals surface area contributed by atoms with Crippen LogP contribution in [-0.4, -0.2) is 84.7 Å². The summed E-state index contributed by atoms with van der Waals surface area (Å²) in [5.41, 5.74) is 7.73. The zero-order chi connectivity index (χ0) is 29.2. The van der Waals surface area contributed by atoms with Gasteiger partial charge in [0.2, 0.25) is 17.7 Å². The summed E-state index contributed by atoms with van der Waals surface area (Å²) in [7, 11) is 0. The molecule has 3 aromatic rings. The molecule has 40 heavy (non-hydrogen) atoms. The molecule has 0 aliphatic carbocycles. The molecule has 14 nitrogen and oxygen atoms in total. The van der Waals surface area contributed by atoms with E-state index in [1.54, 1.807) is 6.20 Å². The van der Waals surface area contributed by atoms with Crippen LogP contribution in [0.5, 0.6) is 0 Å². The van der Waals surface area contributed by atoms with Crippen molar-refractivity contribution >= 4 is 53.2 Å². The summed E-state index contributed by atoms with van der Waals surface area (Å²) in [5.74, 6) is -4.82. The molecule has 0 bridgehead atoms. The highest BCUT2D eigenvalue weighted by Crippen LogP contribution is 2.19. The lowest BCUT2D eigenvalue weighted by Gasteiger charge is -2.24. The van der Waals surface area contributed by atoms with Gasteiger partial charge in [-0.1, -0.05) is 18.2 Å². The summed E-state index contributed by atoms with van der Waals surface area (Å²) in [6.07, 6.45) is 3.98. The van der Waals surface area contributed by atoms with Gasteiger partial charge in [-0.3, -0.25) is 19.2 Å². The Morgan fingerprint density at radius 1 is 0.925 bits per heavy atom. The lowest BCUT2D eigenvalue weighted by molar-refractivity contribution is -0.142. The minimum Gasteiger partial charge on any atom is -0.481 e. The second kappa shape index (κ2) is 14.1. The van der Waals surface area contributed by atoms with Crippen molar-refractivity contribution in [1.29, 1.82) is 0 Å². The highest BCUT2D eigenvalue weighted by Gasteiger charge is 2.31. The van der Waals surface area contributed by atoms with E-state index in [0.29, 0.717) is 11.3 Å². The average molecular weight is 574 g/mol. The second-order valence-electron chi connectivity index (χ2n) is 9.09. The molecular weight excluding hydrogens is 542 g/mol. The SMILES string of the molecule is NC(CCC(=O)O)C(=O)NC(CS)C(=O)NC(Cc1c[nH]c2ccccc12)C(=O)NC(Cc1cnc[nH]1)C(=O)O. The molecule has 2 aromatic heterocycles. The summed E-state index contributed by atoms with van der Waals surface area (Å²) in [6, 6.07) is 2.42. The monoisotopic (exact) mass is 573 g/mol. The molecule has 9 N–H and O–H groups in total. The lowest BCUT2D eigenvalue weighted by Crippen LogP contribution is -2.58. The number of rotatable bonds is 15. The van der Waals surface area contributed by atoms with Crippen LogP contribution in [-0.2, 0) is 36.8 Å². The number of H-pyrrole nitrogens is 2. The Bertz CT molecular complexity index is 1340. The first-order valence-corrected chi connectivity index (χ1v) is 13.0. The summed E-state index contributed by atoms with van der Waals surface area (Å²) < 4.78 is 0. The van der Waals surface area contributed by atoms with Gasteiger partial charge < -0.3 is 41.9 Å². The lowest BCUT2D eigenvalue weighted by atomic mass is 10.0. The van der Waals surface area contributed by atoms with Crippen LogP contribution in [0.1, 0.15) is 24.1 Å². The fourth-order valence-corrected chi connectivity index (χ4v) is 4.23. The summed E-state index contributed by atoms with van der Waals surface area (Å²) in [4.78, 5) is 71.3. The average Bonchev–Trinajstić information content (AvgIpc) is 3.59. The number of hydrogen-bond donors (Lipinski definition) is 9. The highest BCUT2D eigenvalue weighted by atomic mass is 32.1. The van der Waals surface area contributed by atoms with Crippen molar-refractivity contribution in [1.82, 2.24) is 30.9 Å². The Balaban J connectivity index is 1.78. The van der Waals surface area contributed by atoms with E-state index < -0.39 is 53.8 Å². The maximum absolute atomic E-state index is 13.4. The van der Waals surface area contributed by atoms with E-state index >= 15 is 0 Å². The molecule has 0 aliphatic heterocycles. The molecule has 0 aliphatic rings. The minimum atomic E-state index is -1.32. The van der Waals surface area contributed by atoms with Crippen LogP contribution in [0.25, 0.3) is 10.9 Å². The molecule has 1 aromatic carbocycles. The predicted octanol–water partition coefficient (Wildman–Crippen LogP) is -0.663. The van der Waals surface area contributed by atoms with Crippen LogP contribution in [0.4, 0.5) is 0 Å². The van der Waals surface area contributed by atoms with E-state index in [4.69, 9.17) is 10.8 Å². The molecule has 0 saturated carbocycles. The number of thiol groups is 1. The van der Waals surface area contributed by atoms with E-state index in [9.17, 15) is 29.1 Å². The van der Waals surface area contributed by atoms with Crippen LogP contribution in [0.3, 0.4) is 0 Å². The fourth-order valence-electron chi connectivity index (χ4n) is 3.97. The predicted molar refractivity (Wildman–Crippen MR) is 146 cm³/mol. The van der Waals surface area contributed by atoms with E-state index in [2.05, 4.69) is 43.5 Å². The molecule has 3 amide bonds. The third kappa shape index (κ3) is 8.31. The van der Waals surface area contributed by atoms with E-state index in [0.717, 1.165) is 10.9 Å². The topological polar surface area (TPSA) is 232 Å². The number of aliphatic carboxylic acids is 2.